The molecule has 0 aromatic heterocycles. The number of carbonyl (C=O) groups excluding carboxylic acids is 2. The van der Waals surface area contributed by atoms with Gasteiger partial charge in [-0.25, -0.2) is 4.39 Å². The van der Waals surface area contributed by atoms with Gasteiger partial charge in [-0.3, -0.25) is 9.59 Å². The molecule has 1 N–H and O–H groups in total. The lowest BCUT2D eigenvalue weighted by molar-refractivity contribution is -0.114. The van der Waals surface area contributed by atoms with Crippen molar-refractivity contribution in [2.24, 2.45) is 0 Å². The van der Waals surface area contributed by atoms with Crippen LogP contribution in [0.4, 0.5) is 10.1 Å². The van der Waals surface area contributed by atoms with Crippen LogP contribution in [0.15, 0.2) is 107 Å². The average molecular weight is 535 g/mol. The summed E-state index contributed by atoms with van der Waals surface area (Å²) in [5.74, 6) is -0.624. The zero-order valence-corrected chi connectivity index (χ0v) is 22.1. The zero-order valence-electron chi connectivity index (χ0n) is 21.3. The molecule has 0 fully saturated rings. The fourth-order valence-corrected chi connectivity index (χ4v) is 6.30. The highest BCUT2D eigenvalue weighted by atomic mass is 32.2. The second-order valence-corrected chi connectivity index (χ2v) is 10.9. The van der Waals surface area contributed by atoms with Crippen molar-refractivity contribution in [3.05, 3.63) is 136 Å². The number of thioether (sulfide) groups is 1. The Morgan fingerprint density at radius 3 is 2.54 bits per heavy atom. The first-order valence-electron chi connectivity index (χ1n) is 13.1. The van der Waals surface area contributed by atoms with Crippen molar-refractivity contribution < 1.29 is 14.0 Å². The molecule has 6 heteroatoms. The van der Waals surface area contributed by atoms with Gasteiger partial charge in [0.25, 0.3) is 11.8 Å². The summed E-state index contributed by atoms with van der Waals surface area (Å²) >= 11 is 1.40. The molecule has 4 aromatic carbocycles. The smallest absolute Gasteiger partial charge is 0.265 e. The average Bonchev–Trinajstić information content (AvgIpc) is 2.97. The van der Waals surface area contributed by atoms with Gasteiger partial charge in [0.1, 0.15) is 5.82 Å². The number of nitrogens with one attached hydrogen (secondary N) is 1. The normalized spacial score (nSPS) is 17.5. The van der Waals surface area contributed by atoms with Crippen molar-refractivity contribution in [1.29, 1.82) is 0 Å². The van der Waals surface area contributed by atoms with Gasteiger partial charge < -0.3 is 10.2 Å². The maximum Gasteiger partial charge on any atom is 0.265 e. The van der Waals surface area contributed by atoms with Gasteiger partial charge in [-0.15, -0.1) is 0 Å². The van der Waals surface area contributed by atoms with Gasteiger partial charge in [-0.2, -0.15) is 0 Å². The van der Waals surface area contributed by atoms with Crippen molar-refractivity contribution in [2.75, 3.05) is 4.90 Å². The minimum absolute atomic E-state index is 0.0148. The number of aryl methyl sites for hydroxylation is 1. The molecule has 2 aliphatic rings. The highest BCUT2D eigenvalue weighted by Gasteiger charge is 2.29. The lowest BCUT2D eigenvalue weighted by atomic mass is 9.87. The molecule has 194 valence electrons. The van der Waals surface area contributed by atoms with Crippen LogP contribution < -0.4 is 10.2 Å². The fraction of sp³-hybridized carbons (Fsp3) is 0.152. The minimum atomic E-state index is -0.336. The van der Waals surface area contributed by atoms with Crippen molar-refractivity contribution in [1.82, 2.24) is 5.32 Å². The summed E-state index contributed by atoms with van der Waals surface area (Å²) in [7, 11) is 0. The van der Waals surface area contributed by atoms with E-state index in [0.717, 1.165) is 35.4 Å². The van der Waals surface area contributed by atoms with E-state index in [9.17, 15) is 14.0 Å². The topological polar surface area (TPSA) is 49.4 Å². The third-order valence-electron chi connectivity index (χ3n) is 7.26. The van der Waals surface area contributed by atoms with E-state index in [2.05, 4.69) is 17.4 Å². The van der Waals surface area contributed by atoms with Gasteiger partial charge in [-0.1, -0.05) is 78.5 Å². The van der Waals surface area contributed by atoms with Gasteiger partial charge >= 0.3 is 0 Å². The molecule has 6 rings (SSSR count). The number of anilines is 1. The highest BCUT2D eigenvalue weighted by Crippen LogP contribution is 2.42. The number of hydrogen-bond donors (Lipinski definition) is 1. The third kappa shape index (κ3) is 5.25. The monoisotopic (exact) mass is 534 g/mol. The largest absolute Gasteiger partial charge is 0.345 e. The molecule has 39 heavy (non-hydrogen) atoms. The lowest BCUT2D eigenvalue weighted by Gasteiger charge is -2.30. The van der Waals surface area contributed by atoms with Crippen LogP contribution in [0.25, 0.3) is 6.08 Å². The number of benzene rings is 4. The Kier molecular flexibility index (Phi) is 7.03. The van der Waals surface area contributed by atoms with Crippen molar-refractivity contribution >= 4 is 35.3 Å². The molecule has 1 aliphatic heterocycles. The molecule has 0 saturated carbocycles. The molecular weight excluding hydrogens is 507 g/mol. The lowest BCUT2D eigenvalue weighted by Crippen LogP contribution is -2.34. The van der Waals surface area contributed by atoms with E-state index in [1.807, 2.05) is 54.6 Å². The number of para-hydroxylation sites is 1. The number of nitrogens with zero attached hydrogens (tertiary/aromatic N) is 1. The second kappa shape index (κ2) is 10.9. The molecule has 1 heterocycles. The summed E-state index contributed by atoms with van der Waals surface area (Å²) in [6, 6.07) is 29.8. The first-order valence-corrected chi connectivity index (χ1v) is 13.9. The number of fused-ring (bicyclic) bond motifs is 2. The maximum atomic E-state index is 14.4. The molecule has 0 radical (unpaired) electrons. The molecule has 0 bridgehead atoms. The van der Waals surface area contributed by atoms with E-state index < -0.39 is 0 Å². The quantitative estimate of drug-likeness (QED) is 0.273. The van der Waals surface area contributed by atoms with Gasteiger partial charge in [-0.05, 0) is 72.4 Å². The molecular formula is C33H27FN2O2S. The molecule has 0 saturated heterocycles. The number of carbonyl (C=O) groups is 2. The Balaban J connectivity index is 1.22. The van der Waals surface area contributed by atoms with Crippen LogP contribution in [0, 0.1) is 5.82 Å². The van der Waals surface area contributed by atoms with Gasteiger partial charge in [0, 0.05) is 16.0 Å². The Labute approximate surface area is 231 Å². The summed E-state index contributed by atoms with van der Waals surface area (Å²) in [6.45, 7) is 0.143. The molecule has 1 atom stereocenters. The number of halogens is 1. The van der Waals surface area contributed by atoms with E-state index in [-0.39, 0.29) is 30.2 Å². The SMILES string of the molecule is O=C(N[C@@H]1CCCc2ccccc21)c1ccc(/C=C2\Sc3ccccc3N(Cc3ccccc3F)C2=O)cc1. The van der Waals surface area contributed by atoms with Crippen molar-refractivity contribution in [2.45, 2.75) is 36.7 Å². The Bertz CT molecular complexity index is 1580. The zero-order chi connectivity index (χ0) is 26.8. The van der Waals surface area contributed by atoms with Crippen LogP contribution >= 0.6 is 11.8 Å². The van der Waals surface area contributed by atoms with Gasteiger partial charge in [0.05, 0.1) is 23.2 Å². The number of hydrogen-bond acceptors (Lipinski definition) is 3. The summed E-state index contributed by atoms with van der Waals surface area (Å²) in [4.78, 5) is 29.7. The summed E-state index contributed by atoms with van der Waals surface area (Å²) < 4.78 is 14.4. The fourth-order valence-electron chi connectivity index (χ4n) is 5.24. The van der Waals surface area contributed by atoms with Crippen molar-refractivity contribution in [3.63, 3.8) is 0 Å². The van der Waals surface area contributed by atoms with Gasteiger partial charge in [0.2, 0.25) is 0 Å². The van der Waals surface area contributed by atoms with Crippen LogP contribution in [0.5, 0.6) is 0 Å². The second-order valence-electron chi connectivity index (χ2n) is 9.80. The molecule has 4 nitrogen and oxygen atoms in total. The van der Waals surface area contributed by atoms with E-state index in [4.69, 9.17) is 0 Å². The standard InChI is InChI=1S/C33H27FN2O2S/c34-27-12-4-2-9-25(27)21-36-29-14-5-6-15-30(29)39-31(33(36)38)20-22-16-18-24(19-17-22)32(37)35-28-13-7-10-23-8-1-3-11-26(23)28/h1-6,8-9,11-12,14-20,28H,7,10,13,21H2,(H,35,37)/b31-20-/t28-/m1/s1. The van der Waals surface area contributed by atoms with E-state index in [1.165, 1.54) is 29.0 Å². The number of rotatable bonds is 5. The van der Waals surface area contributed by atoms with Crippen LogP contribution in [-0.2, 0) is 17.8 Å². The molecule has 0 unspecified atom stereocenters. The molecule has 2 amide bonds. The predicted octanol–water partition coefficient (Wildman–Crippen LogP) is 7.31. The molecule has 4 aromatic rings. The Morgan fingerprint density at radius 2 is 1.69 bits per heavy atom. The van der Waals surface area contributed by atoms with E-state index in [1.54, 1.807) is 35.2 Å². The number of amides is 2. The summed E-state index contributed by atoms with van der Waals surface area (Å²) in [6.07, 6.45) is 4.86. The third-order valence-corrected chi connectivity index (χ3v) is 8.34. The van der Waals surface area contributed by atoms with Crippen LogP contribution in [0.1, 0.15) is 51.5 Å². The van der Waals surface area contributed by atoms with Crippen LogP contribution in [-0.4, -0.2) is 11.8 Å². The molecule has 0 spiro atoms. The van der Waals surface area contributed by atoms with Crippen molar-refractivity contribution in [3.8, 4) is 0 Å². The Hall–Kier alpha value is -4.16. The predicted molar refractivity (Wildman–Crippen MR) is 154 cm³/mol. The first-order chi connectivity index (χ1) is 19.1. The first kappa shape index (κ1) is 25.1. The highest BCUT2D eigenvalue weighted by molar-refractivity contribution is 8.04. The molecule has 1 aliphatic carbocycles. The maximum absolute atomic E-state index is 14.4. The van der Waals surface area contributed by atoms with Crippen LogP contribution in [0.2, 0.25) is 0 Å². The summed E-state index contributed by atoms with van der Waals surface area (Å²) in [5, 5.41) is 3.19. The van der Waals surface area contributed by atoms with Crippen LogP contribution in [0.3, 0.4) is 0 Å². The summed E-state index contributed by atoms with van der Waals surface area (Å²) in [5.41, 5.74) is 5.12. The minimum Gasteiger partial charge on any atom is -0.345 e. The Morgan fingerprint density at radius 1 is 0.949 bits per heavy atom. The van der Waals surface area contributed by atoms with E-state index in [0.29, 0.717) is 16.0 Å². The van der Waals surface area contributed by atoms with Gasteiger partial charge in [0.15, 0.2) is 0 Å². The van der Waals surface area contributed by atoms with E-state index >= 15 is 0 Å².